The highest BCUT2D eigenvalue weighted by atomic mass is 127. The second-order valence-corrected chi connectivity index (χ2v) is 9.65. The van der Waals surface area contributed by atoms with Crippen LogP contribution in [-0.2, 0) is 11.3 Å². The Kier molecular flexibility index (Phi) is 6.07. The fourth-order valence-corrected chi connectivity index (χ4v) is 4.81. The monoisotopic (exact) mass is 546 g/mol. The maximum Gasteiger partial charge on any atom is 0.293 e. The lowest BCUT2D eigenvalue weighted by Crippen LogP contribution is -2.27. The first-order valence-electron chi connectivity index (χ1n) is 9.70. The molecule has 1 aliphatic rings. The maximum absolute atomic E-state index is 13.1. The molecule has 0 saturated carbocycles. The van der Waals surface area contributed by atoms with E-state index >= 15 is 0 Å². The number of hydrogen-bond donors (Lipinski definition) is 0. The molecule has 0 spiro atoms. The first-order valence-corrected chi connectivity index (χ1v) is 11.6. The fourth-order valence-electron chi connectivity index (χ4n) is 3.65. The largest absolute Gasteiger partial charge is 0.318 e. The Labute approximate surface area is 198 Å². The number of hydrogen-bond acceptors (Lipinski definition) is 3. The van der Waals surface area contributed by atoms with Crippen LogP contribution in [0.25, 0.3) is 11.8 Å². The highest BCUT2D eigenvalue weighted by molar-refractivity contribution is 14.1. The number of aromatic nitrogens is 1. The van der Waals surface area contributed by atoms with Crippen molar-refractivity contribution in [2.75, 3.05) is 0 Å². The van der Waals surface area contributed by atoms with E-state index in [1.54, 1.807) is 18.2 Å². The average Bonchev–Trinajstić information content (AvgIpc) is 3.15. The Hall–Kier alpha value is -2.39. The molecule has 31 heavy (non-hydrogen) atoms. The molecule has 4 rings (SSSR count). The molecule has 4 nitrogen and oxygen atoms in total. The van der Waals surface area contributed by atoms with Crippen LogP contribution in [0.4, 0.5) is 9.18 Å². The molecule has 1 fully saturated rings. The Bertz CT molecular complexity index is 1230. The van der Waals surface area contributed by atoms with Crippen molar-refractivity contribution in [2.45, 2.75) is 27.3 Å². The molecule has 1 aliphatic heterocycles. The minimum Gasteiger partial charge on any atom is -0.318 e. The van der Waals surface area contributed by atoms with E-state index in [0.29, 0.717) is 10.5 Å². The van der Waals surface area contributed by atoms with Gasteiger partial charge in [0.25, 0.3) is 11.1 Å². The molecule has 0 atom stereocenters. The molecule has 2 heterocycles. The second kappa shape index (κ2) is 8.63. The number of thioether (sulfide) groups is 1. The molecular formula is C24H20FIN2O2S. The SMILES string of the molecule is Cc1cc(-n2c(C)cc(/C=C3\SC(=O)N(Cc4ccc(F)cc4)C3=O)c2C)ccc1I. The summed E-state index contributed by atoms with van der Waals surface area (Å²) in [6.45, 7) is 6.24. The van der Waals surface area contributed by atoms with Gasteiger partial charge in [-0.1, -0.05) is 12.1 Å². The summed E-state index contributed by atoms with van der Waals surface area (Å²) in [6, 6.07) is 14.1. The zero-order valence-electron chi connectivity index (χ0n) is 17.3. The summed E-state index contributed by atoms with van der Waals surface area (Å²) >= 11 is 3.25. The van der Waals surface area contributed by atoms with Crippen molar-refractivity contribution in [3.05, 3.63) is 90.9 Å². The molecule has 1 saturated heterocycles. The van der Waals surface area contributed by atoms with Gasteiger partial charge in [-0.05, 0) is 114 Å². The summed E-state index contributed by atoms with van der Waals surface area (Å²) in [4.78, 5) is 26.9. The van der Waals surface area contributed by atoms with Gasteiger partial charge in [-0.25, -0.2) is 4.39 Å². The van der Waals surface area contributed by atoms with Gasteiger partial charge in [-0.2, -0.15) is 0 Å². The summed E-state index contributed by atoms with van der Waals surface area (Å²) in [6.07, 6.45) is 1.79. The zero-order chi connectivity index (χ0) is 22.3. The molecule has 3 aromatic rings. The molecule has 7 heteroatoms. The lowest BCUT2D eigenvalue weighted by atomic mass is 10.2. The molecule has 0 aliphatic carbocycles. The Morgan fingerprint density at radius 2 is 1.74 bits per heavy atom. The summed E-state index contributed by atoms with van der Waals surface area (Å²) in [5, 5.41) is -0.317. The average molecular weight is 546 g/mol. The normalized spacial score (nSPS) is 15.4. The molecule has 0 N–H and O–H groups in total. The third-order valence-corrected chi connectivity index (χ3v) is 7.40. The van der Waals surface area contributed by atoms with Crippen LogP contribution in [0.1, 0.15) is 28.1 Å². The standard InChI is InChI=1S/C24H20FIN2O2S/c1-14-10-20(8-9-21(14)26)28-15(2)11-18(16(28)3)12-22-23(29)27(24(30)31-22)13-17-4-6-19(25)7-5-17/h4-12H,13H2,1-3H3/b22-12-. The van der Waals surface area contributed by atoms with E-state index < -0.39 is 0 Å². The number of imide groups is 1. The van der Waals surface area contributed by atoms with Crippen LogP contribution in [0.2, 0.25) is 0 Å². The lowest BCUT2D eigenvalue weighted by Gasteiger charge is -2.12. The quantitative estimate of drug-likeness (QED) is 0.282. The molecule has 158 valence electrons. The Morgan fingerprint density at radius 3 is 2.42 bits per heavy atom. The predicted molar refractivity (Wildman–Crippen MR) is 131 cm³/mol. The van der Waals surface area contributed by atoms with Crippen LogP contribution in [-0.4, -0.2) is 20.6 Å². The Morgan fingerprint density at radius 1 is 1.03 bits per heavy atom. The number of halogens is 2. The molecular weight excluding hydrogens is 526 g/mol. The topological polar surface area (TPSA) is 42.3 Å². The number of carbonyl (C=O) groups is 2. The van der Waals surface area contributed by atoms with Gasteiger partial charge in [-0.15, -0.1) is 0 Å². The van der Waals surface area contributed by atoms with Crippen LogP contribution in [0.5, 0.6) is 0 Å². The van der Waals surface area contributed by atoms with Crippen LogP contribution in [0.3, 0.4) is 0 Å². The van der Waals surface area contributed by atoms with Gasteiger partial charge < -0.3 is 4.57 Å². The van der Waals surface area contributed by atoms with Crippen molar-refractivity contribution in [3.8, 4) is 5.69 Å². The zero-order valence-corrected chi connectivity index (χ0v) is 20.3. The van der Waals surface area contributed by atoms with Crippen molar-refractivity contribution in [1.82, 2.24) is 9.47 Å². The van der Waals surface area contributed by atoms with E-state index in [1.165, 1.54) is 26.2 Å². The summed E-state index contributed by atoms with van der Waals surface area (Å²) in [7, 11) is 0. The van der Waals surface area contributed by atoms with Crippen LogP contribution < -0.4 is 0 Å². The summed E-state index contributed by atoms with van der Waals surface area (Å²) in [5.74, 6) is -0.675. The smallest absolute Gasteiger partial charge is 0.293 e. The van der Waals surface area contributed by atoms with Crippen LogP contribution in [0.15, 0.2) is 53.4 Å². The van der Waals surface area contributed by atoms with Crippen LogP contribution >= 0.6 is 34.4 Å². The third kappa shape index (κ3) is 4.34. The molecule has 0 unspecified atom stereocenters. The summed E-state index contributed by atoms with van der Waals surface area (Å²) in [5.41, 5.74) is 5.93. The van der Waals surface area contributed by atoms with E-state index in [2.05, 4.69) is 52.3 Å². The second-order valence-electron chi connectivity index (χ2n) is 7.49. The van der Waals surface area contributed by atoms with Crippen molar-refractivity contribution in [3.63, 3.8) is 0 Å². The Balaban J connectivity index is 1.63. The van der Waals surface area contributed by atoms with Gasteiger partial charge in [0.05, 0.1) is 11.4 Å². The van der Waals surface area contributed by atoms with Gasteiger partial charge in [0.15, 0.2) is 0 Å². The summed E-state index contributed by atoms with van der Waals surface area (Å²) < 4.78 is 16.5. The highest BCUT2D eigenvalue weighted by Crippen LogP contribution is 2.34. The molecule has 1 aromatic heterocycles. The molecule has 0 bridgehead atoms. The van der Waals surface area contributed by atoms with Crippen molar-refractivity contribution in [1.29, 1.82) is 0 Å². The van der Waals surface area contributed by atoms with Crippen LogP contribution in [0, 0.1) is 30.2 Å². The van der Waals surface area contributed by atoms with Gasteiger partial charge in [0.2, 0.25) is 0 Å². The molecule has 0 radical (unpaired) electrons. The minimum atomic E-state index is -0.350. The number of carbonyl (C=O) groups excluding carboxylic acids is 2. The first kappa shape index (κ1) is 21.8. The van der Waals surface area contributed by atoms with E-state index in [4.69, 9.17) is 0 Å². The van der Waals surface area contributed by atoms with Crippen molar-refractivity contribution < 1.29 is 14.0 Å². The number of benzene rings is 2. The predicted octanol–water partition coefficient (Wildman–Crippen LogP) is 6.38. The van der Waals surface area contributed by atoms with Crippen molar-refractivity contribution in [2.24, 2.45) is 0 Å². The maximum atomic E-state index is 13.1. The fraction of sp³-hybridized carbons (Fsp3) is 0.167. The van der Waals surface area contributed by atoms with Gasteiger partial charge in [0.1, 0.15) is 5.82 Å². The lowest BCUT2D eigenvalue weighted by molar-refractivity contribution is -0.123. The number of aryl methyl sites for hydroxylation is 2. The van der Waals surface area contributed by atoms with Gasteiger partial charge in [0, 0.05) is 20.6 Å². The van der Waals surface area contributed by atoms with E-state index in [-0.39, 0.29) is 23.5 Å². The highest BCUT2D eigenvalue weighted by Gasteiger charge is 2.35. The van der Waals surface area contributed by atoms with Crippen molar-refractivity contribution >= 4 is 51.6 Å². The van der Waals surface area contributed by atoms with E-state index in [0.717, 1.165) is 34.4 Å². The van der Waals surface area contributed by atoms with E-state index in [1.807, 2.05) is 19.9 Å². The van der Waals surface area contributed by atoms with Gasteiger partial charge >= 0.3 is 0 Å². The minimum absolute atomic E-state index is 0.128. The number of amides is 2. The number of rotatable bonds is 4. The third-order valence-electron chi connectivity index (χ3n) is 5.28. The number of nitrogens with zero attached hydrogens (tertiary/aromatic N) is 2. The molecule has 2 amide bonds. The first-order chi connectivity index (χ1) is 14.7. The molecule has 2 aromatic carbocycles. The van der Waals surface area contributed by atoms with E-state index in [9.17, 15) is 14.0 Å². The van der Waals surface area contributed by atoms with Gasteiger partial charge in [-0.3, -0.25) is 14.5 Å².